The minimum Gasteiger partial charge on any atom is -0.496 e. The summed E-state index contributed by atoms with van der Waals surface area (Å²) >= 11 is 1.36. The lowest BCUT2D eigenvalue weighted by Gasteiger charge is -2.10. The van der Waals surface area contributed by atoms with Gasteiger partial charge in [0.05, 0.1) is 12.9 Å². The van der Waals surface area contributed by atoms with Gasteiger partial charge in [-0.1, -0.05) is 55.9 Å². The lowest BCUT2D eigenvalue weighted by molar-refractivity contribution is -0.118. The number of ether oxygens (including phenoxy) is 1. The molecule has 0 aliphatic heterocycles. The largest absolute Gasteiger partial charge is 0.496 e. The summed E-state index contributed by atoms with van der Waals surface area (Å²) in [5.74, 6) is 1.44. The number of para-hydroxylation sites is 1. The molecular formula is C21H24N4O2S. The van der Waals surface area contributed by atoms with Crippen molar-refractivity contribution in [2.45, 2.75) is 31.5 Å². The predicted molar refractivity (Wildman–Crippen MR) is 111 cm³/mol. The number of carbonyl (C=O) groups excluding carboxylic acids is 1. The number of carbonyl (C=O) groups is 1. The highest BCUT2D eigenvalue weighted by atomic mass is 32.2. The van der Waals surface area contributed by atoms with Crippen molar-refractivity contribution in [1.29, 1.82) is 0 Å². The molecule has 1 N–H and O–H groups in total. The molecule has 0 aliphatic rings. The van der Waals surface area contributed by atoms with Gasteiger partial charge in [0.1, 0.15) is 12.1 Å². The van der Waals surface area contributed by atoms with E-state index in [0.29, 0.717) is 17.6 Å². The molecule has 0 bridgehead atoms. The van der Waals surface area contributed by atoms with Crippen LogP contribution in [0.4, 0.5) is 0 Å². The summed E-state index contributed by atoms with van der Waals surface area (Å²) in [6, 6.07) is 15.9. The van der Waals surface area contributed by atoms with Crippen molar-refractivity contribution < 1.29 is 9.53 Å². The highest BCUT2D eigenvalue weighted by Crippen LogP contribution is 2.22. The van der Waals surface area contributed by atoms with E-state index >= 15 is 0 Å². The van der Waals surface area contributed by atoms with Gasteiger partial charge in [0.25, 0.3) is 0 Å². The molecule has 3 aromatic rings. The number of aromatic nitrogens is 3. The van der Waals surface area contributed by atoms with E-state index in [2.05, 4.69) is 41.5 Å². The highest BCUT2D eigenvalue weighted by Gasteiger charge is 2.11. The average Bonchev–Trinajstić information content (AvgIpc) is 3.19. The molecule has 0 radical (unpaired) electrons. The van der Waals surface area contributed by atoms with Crippen molar-refractivity contribution in [2.24, 2.45) is 0 Å². The van der Waals surface area contributed by atoms with Gasteiger partial charge in [-0.05, 0) is 29.7 Å². The van der Waals surface area contributed by atoms with Crippen LogP contribution < -0.4 is 10.1 Å². The first-order valence-electron chi connectivity index (χ1n) is 9.10. The van der Waals surface area contributed by atoms with Gasteiger partial charge in [-0.3, -0.25) is 9.36 Å². The van der Waals surface area contributed by atoms with Crippen molar-refractivity contribution >= 4 is 17.7 Å². The van der Waals surface area contributed by atoms with Crippen LogP contribution in [-0.4, -0.2) is 33.5 Å². The number of nitrogens with one attached hydrogen (secondary N) is 1. The van der Waals surface area contributed by atoms with Crippen LogP contribution >= 0.6 is 11.8 Å². The summed E-state index contributed by atoms with van der Waals surface area (Å²) in [4.78, 5) is 12.2. The van der Waals surface area contributed by atoms with Gasteiger partial charge in [0, 0.05) is 17.8 Å². The van der Waals surface area contributed by atoms with E-state index in [-0.39, 0.29) is 11.7 Å². The van der Waals surface area contributed by atoms with Crippen LogP contribution in [0.5, 0.6) is 5.75 Å². The van der Waals surface area contributed by atoms with E-state index in [0.717, 1.165) is 17.0 Å². The molecule has 0 unspecified atom stereocenters. The normalized spacial score (nSPS) is 10.9. The average molecular weight is 397 g/mol. The number of hydrogen-bond acceptors (Lipinski definition) is 5. The second-order valence-electron chi connectivity index (χ2n) is 6.61. The number of nitrogens with zero attached hydrogens (tertiary/aromatic N) is 3. The molecule has 1 amide bonds. The molecule has 0 saturated heterocycles. The Morgan fingerprint density at radius 3 is 2.64 bits per heavy atom. The SMILES string of the molecule is COc1ccccc1CNC(=O)CSc1nncn1-c1ccc(C(C)C)cc1. The third-order valence-electron chi connectivity index (χ3n) is 4.36. The van der Waals surface area contributed by atoms with Crippen molar-refractivity contribution in [3.8, 4) is 11.4 Å². The van der Waals surface area contributed by atoms with Crippen LogP contribution in [0, 0.1) is 0 Å². The van der Waals surface area contributed by atoms with Gasteiger partial charge in [0.2, 0.25) is 5.91 Å². The van der Waals surface area contributed by atoms with Crippen molar-refractivity contribution in [3.63, 3.8) is 0 Å². The topological polar surface area (TPSA) is 69.0 Å². The van der Waals surface area contributed by atoms with Crippen molar-refractivity contribution in [1.82, 2.24) is 20.1 Å². The summed E-state index contributed by atoms with van der Waals surface area (Å²) in [5.41, 5.74) is 3.20. The van der Waals surface area contributed by atoms with E-state index in [1.807, 2.05) is 41.0 Å². The summed E-state index contributed by atoms with van der Waals surface area (Å²) < 4.78 is 7.20. The molecule has 0 fully saturated rings. The van der Waals surface area contributed by atoms with Gasteiger partial charge in [-0.15, -0.1) is 10.2 Å². The molecule has 1 heterocycles. The van der Waals surface area contributed by atoms with E-state index < -0.39 is 0 Å². The molecule has 6 nitrogen and oxygen atoms in total. The fourth-order valence-corrected chi connectivity index (χ4v) is 3.50. The Morgan fingerprint density at radius 1 is 1.18 bits per heavy atom. The smallest absolute Gasteiger partial charge is 0.230 e. The second kappa shape index (κ2) is 9.41. The number of hydrogen-bond donors (Lipinski definition) is 1. The zero-order valence-electron chi connectivity index (χ0n) is 16.3. The third-order valence-corrected chi connectivity index (χ3v) is 5.30. The van der Waals surface area contributed by atoms with Crippen molar-refractivity contribution in [3.05, 3.63) is 66.0 Å². The molecular weight excluding hydrogens is 372 g/mol. The highest BCUT2D eigenvalue weighted by molar-refractivity contribution is 7.99. The molecule has 28 heavy (non-hydrogen) atoms. The van der Waals surface area contributed by atoms with Gasteiger partial charge in [-0.25, -0.2) is 0 Å². The van der Waals surface area contributed by atoms with Gasteiger partial charge >= 0.3 is 0 Å². The van der Waals surface area contributed by atoms with E-state index in [9.17, 15) is 4.79 Å². The fraction of sp³-hybridized carbons (Fsp3) is 0.286. The Hall–Kier alpha value is -2.80. The van der Waals surface area contributed by atoms with Crippen LogP contribution in [0.25, 0.3) is 5.69 Å². The Bertz CT molecular complexity index is 922. The predicted octanol–water partition coefficient (Wildman–Crippen LogP) is 3.81. The molecule has 0 saturated carbocycles. The van der Waals surface area contributed by atoms with Crippen LogP contribution in [0.1, 0.15) is 30.9 Å². The molecule has 2 aromatic carbocycles. The minimum atomic E-state index is -0.0689. The maximum Gasteiger partial charge on any atom is 0.230 e. The maximum absolute atomic E-state index is 12.2. The van der Waals surface area contributed by atoms with E-state index in [1.165, 1.54) is 17.3 Å². The molecule has 0 spiro atoms. The summed E-state index contributed by atoms with van der Waals surface area (Å²) in [6.45, 7) is 4.75. The van der Waals surface area contributed by atoms with Gasteiger partial charge in [-0.2, -0.15) is 0 Å². The number of methoxy groups -OCH3 is 1. The van der Waals surface area contributed by atoms with E-state index in [4.69, 9.17) is 4.74 Å². The fourth-order valence-electron chi connectivity index (χ4n) is 2.74. The monoisotopic (exact) mass is 396 g/mol. The second-order valence-corrected chi connectivity index (χ2v) is 7.55. The Kier molecular flexibility index (Phi) is 6.71. The molecule has 7 heteroatoms. The summed E-state index contributed by atoms with van der Waals surface area (Å²) in [6.07, 6.45) is 1.67. The lowest BCUT2D eigenvalue weighted by atomic mass is 10.0. The quantitative estimate of drug-likeness (QED) is 0.587. The minimum absolute atomic E-state index is 0.0689. The first kappa shape index (κ1) is 19.9. The first-order valence-corrected chi connectivity index (χ1v) is 10.1. The van der Waals surface area contributed by atoms with Crippen LogP contribution in [-0.2, 0) is 11.3 Å². The van der Waals surface area contributed by atoms with E-state index in [1.54, 1.807) is 13.4 Å². The standard InChI is InChI=1S/C21H24N4O2S/c1-15(2)16-8-10-18(11-9-16)25-14-23-24-21(25)28-13-20(26)22-12-17-6-4-5-7-19(17)27-3/h4-11,14-15H,12-13H2,1-3H3,(H,22,26). The first-order chi connectivity index (χ1) is 13.6. The number of benzene rings is 2. The van der Waals surface area contributed by atoms with Crippen LogP contribution in [0.15, 0.2) is 60.0 Å². The molecule has 0 aliphatic carbocycles. The molecule has 146 valence electrons. The summed E-state index contributed by atoms with van der Waals surface area (Å²) in [5, 5.41) is 11.7. The Morgan fingerprint density at radius 2 is 1.93 bits per heavy atom. The maximum atomic E-state index is 12.2. The van der Waals surface area contributed by atoms with Crippen LogP contribution in [0.2, 0.25) is 0 Å². The van der Waals surface area contributed by atoms with Gasteiger partial charge in [0.15, 0.2) is 5.16 Å². The number of thioether (sulfide) groups is 1. The molecule has 0 atom stereocenters. The van der Waals surface area contributed by atoms with Crippen molar-refractivity contribution in [2.75, 3.05) is 12.9 Å². The number of amides is 1. The lowest BCUT2D eigenvalue weighted by Crippen LogP contribution is -2.25. The van der Waals surface area contributed by atoms with Crippen LogP contribution in [0.3, 0.4) is 0 Å². The zero-order valence-corrected chi connectivity index (χ0v) is 17.1. The zero-order chi connectivity index (χ0) is 19.9. The number of rotatable bonds is 8. The Balaban J connectivity index is 1.58. The third kappa shape index (κ3) is 4.92. The van der Waals surface area contributed by atoms with Gasteiger partial charge < -0.3 is 10.1 Å². The molecule has 1 aromatic heterocycles. The Labute approximate surface area is 169 Å². The summed E-state index contributed by atoms with van der Waals surface area (Å²) in [7, 11) is 1.62. The molecule has 3 rings (SSSR count).